The largest absolute Gasteiger partial charge is 0.508 e. The summed E-state index contributed by atoms with van der Waals surface area (Å²) < 4.78 is 0. The summed E-state index contributed by atoms with van der Waals surface area (Å²) in [4.78, 5) is 2.29. The molecule has 1 saturated heterocycles. The molecular weight excluding hydrogens is 285 g/mol. The van der Waals surface area contributed by atoms with Crippen LogP contribution in [0.1, 0.15) is 24.8 Å². The Balaban J connectivity index is 2.03. The number of halogens is 2. The van der Waals surface area contributed by atoms with Gasteiger partial charge in [-0.05, 0) is 44.3 Å². The number of likely N-dealkylation sites (tertiary alicyclic amines) is 1. The SMILES string of the molecule is OCC1CCCN(Cc2cc(Cl)c(Cl)cc2O)CC1. The van der Waals surface area contributed by atoms with Crippen LogP contribution in [0.5, 0.6) is 5.75 Å². The highest BCUT2D eigenvalue weighted by Crippen LogP contribution is 2.31. The van der Waals surface area contributed by atoms with E-state index in [4.69, 9.17) is 23.2 Å². The first-order chi connectivity index (χ1) is 9.10. The molecule has 19 heavy (non-hydrogen) atoms. The van der Waals surface area contributed by atoms with Crippen molar-refractivity contribution in [3.8, 4) is 5.75 Å². The van der Waals surface area contributed by atoms with Crippen LogP contribution in [0.25, 0.3) is 0 Å². The minimum atomic E-state index is 0.192. The molecule has 1 unspecified atom stereocenters. The minimum Gasteiger partial charge on any atom is -0.508 e. The molecule has 0 amide bonds. The Morgan fingerprint density at radius 3 is 2.63 bits per heavy atom. The Labute approximate surface area is 123 Å². The molecule has 5 heteroatoms. The monoisotopic (exact) mass is 303 g/mol. The Morgan fingerprint density at radius 2 is 1.89 bits per heavy atom. The van der Waals surface area contributed by atoms with Crippen molar-refractivity contribution in [2.24, 2.45) is 5.92 Å². The molecule has 1 aromatic rings. The number of aromatic hydroxyl groups is 1. The zero-order valence-electron chi connectivity index (χ0n) is 10.8. The maximum absolute atomic E-state index is 9.91. The Kier molecular flexibility index (Phi) is 5.34. The van der Waals surface area contributed by atoms with Gasteiger partial charge in [0.05, 0.1) is 10.0 Å². The summed E-state index contributed by atoms with van der Waals surface area (Å²) in [6.07, 6.45) is 3.15. The zero-order valence-corrected chi connectivity index (χ0v) is 12.3. The van der Waals surface area contributed by atoms with E-state index in [2.05, 4.69) is 4.90 Å². The summed E-state index contributed by atoms with van der Waals surface area (Å²) in [5, 5.41) is 20.0. The smallest absolute Gasteiger partial charge is 0.121 e. The summed E-state index contributed by atoms with van der Waals surface area (Å²) in [6.45, 7) is 2.85. The van der Waals surface area contributed by atoms with Gasteiger partial charge in [-0.2, -0.15) is 0 Å². The standard InChI is InChI=1S/C14H19Cl2NO2/c15-12-6-11(14(19)7-13(12)16)8-17-4-1-2-10(9-18)3-5-17/h6-7,10,18-19H,1-5,8-9H2. The molecular formula is C14H19Cl2NO2. The van der Waals surface area contributed by atoms with Crippen LogP contribution in [0.2, 0.25) is 10.0 Å². The van der Waals surface area contributed by atoms with Crippen molar-refractivity contribution < 1.29 is 10.2 Å². The van der Waals surface area contributed by atoms with Gasteiger partial charge in [-0.25, -0.2) is 0 Å². The highest BCUT2D eigenvalue weighted by molar-refractivity contribution is 6.42. The maximum Gasteiger partial charge on any atom is 0.121 e. The van der Waals surface area contributed by atoms with Crippen molar-refractivity contribution in [3.05, 3.63) is 27.7 Å². The van der Waals surface area contributed by atoms with Crippen LogP contribution in [-0.4, -0.2) is 34.8 Å². The Hall–Kier alpha value is -0.480. The van der Waals surface area contributed by atoms with Gasteiger partial charge in [-0.15, -0.1) is 0 Å². The third kappa shape index (κ3) is 3.99. The van der Waals surface area contributed by atoms with Gasteiger partial charge >= 0.3 is 0 Å². The van der Waals surface area contributed by atoms with Crippen LogP contribution in [0.15, 0.2) is 12.1 Å². The number of hydrogen-bond donors (Lipinski definition) is 2. The Morgan fingerprint density at radius 1 is 1.16 bits per heavy atom. The average molecular weight is 304 g/mol. The quantitative estimate of drug-likeness (QED) is 0.900. The molecule has 0 spiro atoms. The topological polar surface area (TPSA) is 43.7 Å². The van der Waals surface area contributed by atoms with Gasteiger partial charge in [-0.3, -0.25) is 4.90 Å². The van der Waals surface area contributed by atoms with E-state index in [0.29, 0.717) is 22.5 Å². The second-order valence-corrected chi connectivity index (χ2v) is 5.97. The summed E-state index contributed by atoms with van der Waals surface area (Å²) in [6, 6.07) is 3.22. The number of benzene rings is 1. The van der Waals surface area contributed by atoms with Gasteiger partial charge in [0.25, 0.3) is 0 Å². The average Bonchev–Trinajstić information content (AvgIpc) is 2.61. The Bertz CT molecular complexity index is 440. The van der Waals surface area contributed by atoms with Gasteiger partial charge in [-0.1, -0.05) is 23.2 Å². The fraction of sp³-hybridized carbons (Fsp3) is 0.571. The van der Waals surface area contributed by atoms with Gasteiger partial charge < -0.3 is 10.2 Å². The van der Waals surface area contributed by atoms with E-state index >= 15 is 0 Å². The normalized spacial score (nSPS) is 21.3. The lowest BCUT2D eigenvalue weighted by Gasteiger charge is -2.21. The summed E-state index contributed by atoms with van der Waals surface area (Å²) >= 11 is 11.8. The molecule has 2 N–H and O–H groups in total. The highest BCUT2D eigenvalue weighted by atomic mass is 35.5. The molecule has 1 atom stereocenters. The van der Waals surface area contributed by atoms with Crippen LogP contribution in [0.4, 0.5) is 0 Å². The maximum atomic E-state index is 9.91. The molecule has 106 valence electrons. The molecule has 0 radical (unpaired) electrons. The van der Waals surface area contributed by atoms with Crippen LogP contribution in [-0.2, 0) is 6.54 Å². The number of hydrogen-bond acceptors (Lipinski definition) is 3. The molecule has 0 bridgehead atoms. The zero-order chi connectivity index (χ0) is 13.8. The fourth-order valence-electron chi connectivity index (χ4n) is 2.51. The van der Waals surface area contributed by atoms with Crippen molar-refractivity contribution in [3.63, 3.8) is 0 Å². The highest BCUT2D eigenvalue weighted by Gasteiger charge is 2.18. The number of rotatable bonds is 3. The molecule has 1 fully saturated rings. The van der Waals surface area contributed by atoms with E-state index in [1.807, 2.05) is 0 Å². The first kappa shape index (κ1) is 14.9. The number of phenolic OH excluding ortho intramolecular Hbond substituents is 1. The predicted octanol–water partition coefficient (Wildman–Crippen LogP) is 3.29. The second kappa shape index (κ2) is 6.80. The van der Waals surface area contributed by atoms with Gasteiger partial charge in [0.1, 0.15) is 5.75 Å². The molecule has 0 aromatic heterocycles. The number of nitrogens with zero attached hydrogens (tertiary/aromatic N) is 1. The third-order valence-corrected chi connectivity index (χ3v) is 4.44. The molecule has 1 aliphatic heterocycles. The van der Waals surface area contributed by atoms with Gasteiger partial charge in [0.15, 0.2) is 0 Å². The van der Waals surface area contributed by atoms with Crippen LogP contribution in [0.3, 0.4) is 0 Å². The lowest BCUT2D eigenvalue weighted by atomic mass is 10.0. The van der Waals surface area contributed by atoms with Crippen LogP contribution >= 0.6 is 23.2 Å². The fourth-order valence-corrected chi connectivity index (χ4v) is 2.85. The third-order valence-electron chi connectivity index (χ3n) is 3.71. The van der Waals surface area contributed by atoms with Crippen molar-refractivity contribution >= 4 is 23.2 Å². The van der Waals surface area contributed by atoms with E-state index in [-0.39, 0.29) is 12.4 Å². The first-order valence-corrected chi connectivity index (χ1v) is 7.36. The van der Waals surface area contributed by atoms with E-state index in [0.717, 1.165) is 37.9 Å². The molecule has 1 aliphatic rings. The van der Waals surface area contributed by atoms with Crippen molar-refractivity contribution in [1.29, 1.82) is 0 Å². The number of aliphatic hydroxyl groups is 1. The van der Waals surface area contributed by atoms with Crippen LogP contribution in [0, 0.1) is 5.92 Å². The van der Waals surface area contributed by atoms with E-state index in [1.165, 1.54) is 6.07 Å². The van der Waals surface area contributed by atoms with Crippen molar-refractivity contribution in [2.75, 3.05) is 19.7 Å². The summed E-state index contributed by atoms with van der Waals surface area (Å²) in [5.41, 5.74) is 0.803. The molecule has 2 rings (SSSR count). The van der Waals surface area contributed by atoms with Gasteiger partial charge in [0, 0.05) is 24.8 Å². The van der Waals surface area contributed by atoms with E-state index in [9.17, 15) is 10.2 Å². The lowest BCUT2D eigenvalue weighted by molar-refractivity contribution is 0.207. The molecule has 3 nitrogen and oxygen atoms in total. The van der Waals surface area contributed by atoms with E-state index in [1.54, 1.807) is 6.07 Å². The molecule has 0 saturated carbocycles. The van der Waals surface area contributed by atoms with Crippen LogP contribution < -0.4 is 0 Å². The molecule has 0 aliphatic carbocycles. The number of aliphatic hydroxyl groups excluding tert-OH is 1. The lowest BCUT2D eigenvalue weighted by Crippen LogP contribution is -2.24. The second-order valence-electron chi connectivity index (χ2n) is 5.15. The first-order valence-electron chi connectivity index (χ1n) is 6.60. The summed E-state index contributed by atoms with van der Waals surface area (Å²) in [7, 11) is 0. The van der Waals surface area contributed by atoms with Gasteiger partial charge in [0.2, 0.25) is 0 Å². The number of phenols is 1. The minimum absolute atomic E-state index is 0.192. The van der Waals surface area contributed by atoms with Crippen molar-refractivity contribution in [2.45, 2.75) is 25.8 Å². The molecule has 1 aromatic carbocycles. The molecule has 1 heterocycles. The van der Waals surface area contributed by atoms with Crippen molar-refractivity contribution in [1.82, 2.24) is 4.90 Å². The summed E-state index contributed by atoms with van der Waals surface area (Å²) in [5.74, 6) is 0.602. The predicted molar refractivity (Wildman–Crippen MR) is 77.8 cm³/mol. The van der Waals surface area contributed by atoms with E-state index < -0.39 is 0 Å².